The summed E-state index contributed by atoms with van der Waals surface area (Å²) in [4.78, 5) is 12.0. The highest BCUT2D eigenvalue weighted by molar-refractivity contribution is 6.30. The topological polar surface area (TPSA) is 29.1 Å². The van der Waals surface area contributed by atoms with E-state index in [1.807, 2.05) is 19.9 Å². The number of halogens is 4. The van der Waals surface area contributed by atoms with E-state index in [-0.39, 0.29) is 6.54 Å². The molecule has 2 rings (SSSR count). The van der Waals surface area contributed by atoms with Crippen molar-refractivity contribution in [2.45, 2.75) is 19.3 Å². The number of hydrogen-bond acceptors (Lipinski definition) is 1. The predicted octanol–water partition coefficient (Wildman–Crippen LogP) is 4.46. The quantitative estimate of drug-likeness (QED) is 0.817. The average molecular weight is 342 g/mol. The Morgan fingerprint density at radius 2 is 1.83 bits per heavy atom. The van der Waals surface area contributed by atoms with Crippen LogP contribution in [0.25, 0.3) is 0 Å². The Kier molecular flexibility index (Phi) is 5.00. The fourth-order valence-corrected chi connectivity index (χ4v) is 2.30. The van der Waals surface area contributed by atoms with Crippen LogP contribution in [0.4, 0.5) is 13.2 Å². The molecule has 23 heavy (non-hydrogen) atoms. The minimum atomic E-state index is -1.66. The maximum atomic E-state index is 13.6. The summed E-state index contributed by atoms with van der Waals surface area (Å²) in [5.74, 6) is -5.30. The summed E-state index contributed by atoms with van der Waals surface area (Å²) >= 11 is 5.95. The van der Waals surface area contributed by atoms with Crippen LogP contribution in [0, 0.1) is 17.5 Å². The molecular formula is C17H15ClF3NO. The molecule has 0 aliphatic heterocycles. The molecule has 0 saturated heterocycles. The van der Waals surface area contributed by atoms with Crippen molar-refractivity contribution in [2.75, 3.05) is 6.54 Å². The molecule has 0 aliphatic carbocycles. The Labute approximate surface area is 137 Å². The molecule has 0 aliphatic rings. The standard InChI is InChI=1S/C17H15ClF3NO/c1-17(2,10-4-3-5-11(18)8-10)9-22-16(23)12-6-7-13(19)15(21)14(12)20/h3-8H,9H2,1-2H3,(H,22,23). The highest BCUT2D eigenvalue weighted by Gasteiger charge is 2.24. The average Bonchev–Trinajstić information content (AvgIpc) is 2.50. The lowest BCUT2D eigenvalue weighted by Gasteiger charge is -2.26. The fraction of sp³-hybridized carbons (Fsp3) is 0.235. The van der Waals surface area contributed by atoms with Gasteiger partial charge < -0.3 is 5.32 Å². The van der Waals surface area contributed by atoms with E-state index in [4.69, 9.17) is 11.6 Å². The van der Waals surface area contributed by atoms with E-state index in [1.165, 1.54) is 0 Å². The van der Waals surface area contributed by atoms with Crippen molar-refractivity contribution in [1.82, 2.24) is 5.32 Å². The lowest BCUT2D eigenvalue weighted by molar-refractivity contribution is 0.0940. The molecule has 6 heteroatoms. The van der Waals surface area contributed by atoms with Crippen LogP contribution in [0.3, 0.4) is 0 Å². The zero-order valence-electron chi connectivity index (χ0n) is 12.6. The van der Waals surface area contributed by atoms with E-state index >= 15 is 0 Å². The Morgan fingerprint density at radius 1 is 1.13 bits per heavy atom. The molecule has 0 radical (unpaired) electrons. The Balaban J connectivity index is 2.14. The lowest BCUT2D eigenvalue weighted by Crippen LogP contribution is -2.37. The van der Waals surface area contributed by atoms with Crippen LogP contribution in [0.1, 0.15) is 29.8 Å². The lowest BCUT2D eigenvalue weighted by atomic mass is 9.84. The van der Waals surface area contributed by atoms with Gasteiger partial charge in [-0.15, -0.1) is 0 Å². The van der Waals surface area contributed by atoms with Crippen LogP contribution in [0.2, 0.25) is 5.02 Å². The van der Waals surface area contributed by atoms with Gasteiger partial charge in [0, 0.05) is 17.0 Å². The minimum absolute atomic E-state index is 0.171. The number of amides is 1. The summed E-state index contributed by atoms with van der Waals surface area (Å²) in [6.07, 6.45) is 0. The van der Waals surface area contributed by atoms with Gasteiger partial charge >= 0.3 is 0 Å². The van der Waals surface area contributed by atoms with Crippen LogP contribution in [-0.2, 0) is 5.41 Å². The summed E-state index contributed by atoms with van der Waals surface area (Å²) in [5.41, 5.74) is -0.128. The maximum absolute atomic E-state index is 13.6. The van der Waals surface area contributed by atoms with E-state index < -0.39 is 34.3 Å². The Bertz CT molecular complexity index is 747. The molecule has 0 unspecified atom stereocenters. The molecular weight excluding hydrogens is 327 g/mol. The maximum Gasteiger partial charge on any atom is 0.254 e. The third-order valence-electron chi connectivity index (χ3n) is 3.58. The Morgan fingerprint density at radius 3 is 2.48 bits per heavy atom. The van der Waals surface area contributed by atoms with Crippen LogP contribution < -0.4 is 5.32 Å². The number of carbonyl (C=O) groups excluding carboxylic acids is 1. The molecule has 2 aromatic rings. The zero-order chi connectivity index (χ0) is 17.2. The van der Waals surface area contributed by atoms with Crippen molar-refractivity contribution in [2.24, 2.45) is 0 Å². The van der Waals surface area contributed by atoms with Gasteiger partial charge in [-0.2, -0.15) is 0 Å². The second kappa shape index (κ2) is 6.62. The summed E-state index contributed by atoms with van der Waals surface area (Å²) < 4.78 is 39.7. The third kappa shape index (κ3) is 3.85. The first-order valence-electron chi connectivity index (χ1n) is 6.90. The van der Waals surface area contributed by atoms with E-state index in [0.717, 1.165) is 17.7 Å². The number of carbonyl (C=O) groups is 1. The monoisotopic (exact) mass is 341 g/mol. The van der Waals surface area contributed by atoms with E-state index in [9.17, 15) is 18.0 Å². The highest BCUT2D eigenvalue weighted by atomic mass is 35.5. The van der Waals surface area contributed by atoms with Crippen LogP contribution in [-0.4, -0.2) is 12.5 Å². The first-order valence-corrected chi connectivity index (χ1v) is 7.28. The van der Waals surface area contributed by atoms with Crippen molar-refractivity contribution in [3.63, 3.8) is 0 Å². The summed E-state index contributed by atoms with van der Waals surface area (Å²) in [5, 5.41) is 3.10. The SMILES string of the molecule is CC(C)(CNC(=O)c1ccc(F)c(F)c1F)c1cccc(Cl)c1. The largest absolute Gasteiger partial charge is 0.351 e. The van der Waals surface area contributed by atoms with Crippen LogP contribution in [0.5, 0.6) is 0 Å². The molecule has 1 N–H and O–H groups in total. The number of nitrogens with one attached hydrogen (secondary N) is 1. The zero-order valence-corrected chi connectivity index (χ0v) is 13.3. The van der Waals surface area contributed by atoms with Gasteiger partial charge in [-0.25, -0.2) is 13.2 Å². The molecule has 1 amide bonds. The molecule has 2 aromatic carbocycles. The molecule has 2 nitrogen and oxygen atoms in total. The summed E-state index contributed by atoms with van der Waals surface area (Å²) in [6.45, 7) is 3.92. The van der Waals surface area contributed by atoms with Gasteiger partial charge in [0.1, 0.15) is 0 Å². The molecule has 0 spiro atoms. The first kappa shape index (κ1) is 17.3. The van der Waals surface area contributed by atoms with Crippen molar-refractivity contribution >= 4 is 17.5 Å². The van der Waals surface area contributed by atoms with Crippen molar-refractivity contribution < 1.29 is 18.0 Å². The van der Waals surface area contributed by atoms with Gasteiger partial charge in [-0.1, -0.05) is 37.6 Å². The van der Waals surface area contributed by atoms with Gasteiger partial charge in [0.15, 0.2) is 17.5 Å². The van der Waals surface area contributed by atoms with Crippen molar-refractivity contribution in [3.05, 3.63) is 70.0 Å². The minimum Gasteiger partial charge on any atom is -0.351 e. The molecule has 0 heterocycles. The second-order valence-corrected chi connectivity index (χ2v) is 6.24. The van der Waals surface area contributed by atoms with Gasteiger partial charge in [-0.3, -0.25) is 4.79 Å². The highest BCUT2D eigenvalue weighted by Crippen LogP contribution is 2.25. The van der Waals surface area contributed by atoms with Gasteiger partial charge in [0.2, 0.25) is 0 Å². The van der Waals surface area contributed by atoms with E-state index in [2.05, 4.69) is 5.32 Å². The molecule has 0 bridgehead atoms. The first-order chi connectivity index (χ1) is 10.7. The van der Waals surface area contributed by atoms with E-state index in [0.29, 0.717) is 5.02 Å². The number of benzene rings is 2. The molecule has 0 atom stereocenters. The van der Waals surface area contributed by atoms with Crippen LogP contribution >= 0.6 is 11.6 Å². The summed E-state index contributed by atoms with van der Waals surface area (Å²) in [6, 6.07) is 8.78. The van der Waals surface area contributed by atoms with E-state index in [1.54, 1.807) is 18.2 Å². The number of hydrogen-bond donors (Lipinski definition) is 1. The molecule has 0 fully saturated rings. The molecule has 122 valence electrons. The second-order valence-electron chi connectivity index (χ2n) is 5.80. The van der Waals surface area contributed by atoms with Crippen molar-refractivity contribution in [1.29, 1.82) is 0 Å². The van der Waals surface area contributed by atoms with Crippen LogP contribution in [0.15, 0.2) is 36.4 Å². The third-order valence-corrected chi connectivity index (χ3v) is 3.81. The Hall–Kier alpha value is -2.01. The molecule has 0 aromatic heterocycles. The fourth-order valence-electron chi connectivity index (χ4n) is 2.11. The smallest absolute Gasteiger partial charge is 0.254 e. The predicted molar refractivity (Wildman–Crippen MR) is 83.1 cm³/mol. The van der Waals surface area contributed by atoms with Gasteiger partial charge in [0.25, 0.3) is 5.91 Å². The van der Waals surface area contributed by atoms with Gasteiger partial charge in [0.05, 0.1) is 5.56 Å². The molecule has 0 saturated carbocycles. The van der Waals surface area contributed by atoms with Gasteiger partial charge in [-0.05, 0) is 29.8 Å². The summed E-state index contributed by atoms with van der Waals surface area (Å²) in [7, 11) is 0. The van der Waals surface area contributed by atoms with Crippen molar-refractivity contribution in [3.8, 4) is 0 Å². The number of rotatable bonds is 4. The normalized spacial score (nSPS) is 11.4.